The number of hydrogen-bond donors (Lipinski definition) is 2. The predicted octanol–water partition coefficient (Wildman–Crippen LogP) is 2.96. The zero-order chi connectivity index (χ0) is 13.2. The zero-order valence-corrected chi connectivity index (χ0v) is 10.8. The largest absolute Gasteiger partial charge is 0.357 e. The second-order valence-corrected chi connectivity index (χ2v) is 5.22. The normalized spacial score (nSPS) is 11.3. The van der Waals surface area contributed by atoms with Gasteiger partial charge in [0.05, 0.1) is 0 Å². The summed E-state index contributed by atoms with van der Waals surface area (Å²) in [6, 6.07) is 7.22. The van der Waals surface area contributed by atoms with E-state index in [1.165, 1.54) is 0 Å². The fourth-order valence-electron chi connectivity index (χ4n) is 1.59. The fraction of sp³-hybridized carbons (Fsp3) is 0.286. The molecule has 2 aromatic heterocycles. The summed E-state index contributed by atoms with van der Waals surface area (Å²) >= 11 is 0. The molecule has 1 amide bonds. The van der Waals surface area contributed by atoms with E-state index in [9.17, 15) is 4.79 Å². The monoisotopic (exact) mass is 243 g/mol. The van der Waals surface area contributed by atoms with Crippen LogP contribution in [0.2, 0.25) is 0 Å². The van der Waals surface area contributed by atoms with Gasteiger partial charge in [-0.05, 0) is 24.3 Å². The summed E-state index contributed by atoms with van der Waals surface area (Å²) in [4.78, 5) is 19.1. The van der Waals surface area contributed by atoms with Gasteiger partial charge in [0, 0.05) is 29.2 Å². The highest BCUT2D eigenvalue weighted by molar-refractivity contribution is 6.02. The van der Waals surface area contributed by atoms with Crippen LogP contribution in [0.5, 0.6) is 0 Å². The van der Waals surface area contributed by atoms with Gasteiger partial charge >= 0.3 is 0 Å². The highest BCUT2D eigenvalue weighted by Gasteiger charge is 2.16. The van der Waals surface area contributed by atoms with Crippen molar-refractivity contribution in [3.05, 3.63) is 48.0 Å². The van der Waals surface area contributed by atoms with Gasteiger partial charge in [0.15, 0.2) is 0 Å². The van der Waals surface area contributed by atoms with Crippen molar-refractivity contribution < 1.29 is 4.79 Å². The minimum atomic E-state index is -0.147. The quantitative estimate of drug-likeness (QED) is 0.852. The molecule has 0 radical (unpaired) electrons. The summed E-state index contributed by atoms with van der Waals surface area (Å²) in [6.07, 6.45) is 3.44. The molecule has 0 aromatic carbocycles. The number of rotatable bonds is 2. The molecule has 0 saturated heterocycles. The van der Waals surface area contributed by atoms with Crippen LogP contribution in [0.3, 0.4) is 0 Å². The van der Waals surface area contributed by atoms with Crippen molar-refractivity contribution in [1.82, 2.24) is 9.97 Å². The third kappa shape index (κ3) is 2.77. The van der Waals surface area contributed by atoms with Crippen LogP contribution >= 0.6 is 0 Å². The molecule has 2 rings (SSSR count). The molecule has 0 bridgehead atoms. The van der Waals surface area contributed by atoms with Gasteiger partial charge in [-0.15, -0.1) is 0 Å². The zero-order valence-electron chi connectivity index (χ0n) is 10.8. The average Bonchev–Trinajstić information content (AvgIpc) is 2.81. The number of anilines is 1. The molecule has 0 aliphatic heterocycles. The highest BCUT2D eigenvalue weighted by atomic mass is 16.1. The number of aromatic nitrogens is 2. The third-order valence-electron chi connectivity index (χ3n) is 2.63. The third-order valence-corrected chi connectivity index (χ3v) is 2.63. The summed E-state index contributed by atoms with van der Waals surface area (Å²) in [5.41, 5.74) is 2.22. The van der Waals surface area contributed by atoms with E-state index >= 15 is 0 Å². The maximum absolute atomic E-state index is 11.9. The molecular weight excluding hydrogens is 226 g/mol. The van der Waals surface area contributed by atoms with Gasteiger partial charge in [-0.3, -0.25) is 9.78 Å². The highest BCUT2D eigenvalue weighted by Crippen LogP contribution is 2.22. The van der Waals surface area contributed by atoms with E-state index in [0.717, 1.165) is 11.4 Å². The SMILES string of the molecule is CC(C)(C)c1cc(NC(=O)c2ccc[nH]2)ccn1. The molecule has 0 unspecified atom stereocenters. The molecular formula is C14H17N3O. The maximum atomic E-state index is 11.9. The first-order valence-corrected chi connectivity index (χ1v) is 5.88. The van der Waals surface area contributed by atoms with Crippen LogP contribution in [0.15, 0.2) is 36.7 Å². The molecule has 2 N–H and O–H groups in total. The lowest BCUT2D eigenvalue weighted by Crippen LogP contribution is -2.16. The maximum Gasteiger partial charge on any atom is 0.272 e. The summed E-state index contributed by atoms with van der Waals surface area (Å²) < 4.78 is 0. The van der Waals surface area contributed by atoms with E-state index in [4.69, 9.17) is 0 Å². The van der Waals surface area contributed by atoms with Gasteiger partial charge in [-0.1, -0.05) is 20.8 Å². The van der Waals surface area contributed by atoms with Crippen molar-refractivity contribution in [3.8, 4) is 0 Å². The van der Waals surface area contributed by atoms with Gasteiger partial charge in [0.25, 0.3) is 5.91 Å². The molecule has 0 fully saturated rings. The Labute approximate surface area is 106 Å². The van der Waals surface area contributed by atoms with E-state index in [-0.39, 0.29) is 11.3 Å². The van der Waals surface area contributed by atoms with E-state index in [1.807, 2.05) is 6.07 Å². The van der Waals surface area contributed by atoms with Crippen LogP contribution in [-0.2, 0) is 5.41 Å². The first-order chi connectivity index (χ1) is 8.47. The van der Waals surface area contributed by atoms with Crippen LogP contribution < -0.4 is 5.32 Å². The van der Waals surface area contributed by atoms with Crippen molar-refractivity contribution >= 4 is 11.6 Å². The lowest BCUT2D eigenvalue weighted by Gasteiger charge is -2.18. The molecule has 2 heterocycles. The van der Waals surface area contributed by atoms with Crippen molar-refractivity contribution in [1.29, 1.82) is 0 Å². The Morgan fingerprint density at radius 3 is 2.72 bits per heavy atom. The number of carbonyl (C=O) groups is 1. The molecule has 4 heteroatoms. The van der Waals surface area contributed by atoms with Gasteiger partial charge in [0.2, 0.25) is 0 Å². The molecule has 0 spiro atoms. The summed E-state index contributed by atoms with van der Waals surface area (Å²) in [5, 5.41) is 2.85. The lowest BCUT2D eigenvalue weighted by molar-refractivity contribution is 0.102. The second-order valence-electron chi connectivity index (χ2n) is 5.22. The van der Waals surface area contributed by atoms with Crippen LogP contribution in [-0.4, -0.2) is 15.9 Å². The number of pyridine rings is 1. The Morgan fingerprint density at radius 2 is 2.11 bits per heavy atom. The minimum absolute atomic E-state index is 0.0346. The molecule has 94 valence electrons. The van der Waals surface area contributed by atoms with E-state index in [0.29, 0.717) is 5.69 Å². The summed E-state index contributed by atoms with van der Waals surface area (Å²) in [6.45, 7) is 6.27. The number of amides is 1. The van der Waals surface area contributed by atoms with Gasteiger partial charge in [0.1, 0.15) is 5.69 Å². The molecule has 0 atom stereocenters. The number of carbonyl (C=O) groups excluding carboxylic acids is 1. The van der Waals surface area contributed by atoms with Crippen molar-refractivity contribution in [2.75, 3.05) is 5.32 Å². The smallest absolute Gasteiger partial charge is 0.272 e. The average molecular weight is 243 g/mol. The van der Waals surface area contributed by atoms with Crippen LogP contribution in [0, 0.1) is 0 Å². The molecule has 0 aliphatic carbocycles. The fourth-order valence-corrected chi connectivity index (χ4v) is 1.59. The Kier molecular flexibility index (Phi) is 3.19. The number of hydrogen-bond acceptors (Lipinski definition) is 2. The minimum Gasteiger partial charge on any atom is -0.357 e. The number of aromatic amines is 1. The number of nitrogens with one attached hydrogen (secondary N) is 2. The number of nitrogens with zero attached hydrogens (tertiary/aromatic N) is 1. The van der Waals surface area contributed by atoms with Crippen LogP contribution in [0.25, 0.3) is 0 Å². The predicted molar refractivity (Wildman–Crippen MR) is 71.7 cm³/mol. The Hall–Kier alpha value is -2.10. The van der Waals surface area contributed by atoms with Crippen LogP contribution in [0.4, 0.5) is 5.69 Å². The summed E-state index contributed by atoms with van der Waals surface area (Å²) in [5.74, 6) is -0.147. The number of H-pyrrole nitrogens is 1. The van der Waals surface area contributed by atoms with E-state index in [2.05, 4.69) is 36.1 Å². The van der Waals surface area contributed by atoms with E-state index < -0.39 is 0 Å². The summed E-state index contributed by atoms with van der Waals surface area (Å²) in [7, 11) is 0. The first-order valence-electron chi connectivity index (χ1n) is 5.88. The van der Waals surface area contributed by atoms with Crippen molar-refractivity contribution in [2.24, 2.45) is 0 Å². The molecule has 4 nitrogen and oxygen atoms in total. The van der Waals surface area contributed by atoms with Gasteiger partial charge in [-0.25, -0.2) is 0 Å². The second kappa shape index (κ2) is 4.64. The molecule has 0 saturated carbocycles. The van der Waals surface area contributed by atoms with Gasteiger partial charge < -0.3 is 10.3 Å². The standard InChI is InChI=1S/C14H17N3O/c1-14(2,3)12-9-10(6-8-16-12)17-13(18)11-5-4-7-15-11/h4-9,15H,1-3H3,(H,16,17,18). The Bertz CT molecular complexity index is 538. The van der Waals surface area contributed by atoms with Crippen molar-refractivity contribution in [2.45, 2.75) is 26.2 Å². The van der Waals surface area contributed by atoms with E-state index in [1.54, 1.807) is 30.6 Å². The topological polar surface area (TPSA) is 57.8 Å². The Morgan fingerprint density at radius 1 is 1.33 bits per heavy atom. The van der Waals surface area contributed by atoms with Crippen molar-refractivity contribution in [3.63, 3.8) is 0 Å². The van der Waals surface area contributed by atoms with Gasteiger partial charge in [-0.2, -0.15) is 0 Å². The molecule has 18 heavy (non-hydrogen) atoms. The van der Waals surface area contributed by atoms with Crippen LogP contribution in [0.1, 0.15) is 37.0 Å². The molecule has 0 aliphatic rings. The lowest BCUT2D eigenvalue weighted by atomic mass is 9.91. The molecule has 2 aromatic rings. The first kappa shape index (κ1) is 12.4. The Balaban J connectivity index is 2.18.